The summed E-state index contributed by atoms with van der Waals surface area (Å²) in [6.07, 6.45) is 5.00. The summed E-state index contributed by atoms with van der Waals surface area (Å²) in [4.78, 5) is 26.6. The van der Waals surface area contributed by atoms with E-state index in [-0.39, 0.29) is 18.9 Å². The lowest BCUT2D eigenvalue weighted by molar-refractivity contribution is -0.151. The average molecular weight is 438 g/mol. The fraction of sp³-hybridized carbons (Fsp3) is 0.292. The van der Waals surface area contributed by atoms with Crippen molar-refractivity contribution in [1.82, 2.24) is 14.7 Å². The molecule has 6 nitrogen and oxygen atoms in total. The average Bonchev–Trinajstić information content (AvgIpc) is 3.23. The first-order valence-electron chi connectivity index (χ1n) is 10.4. The number of piperidine rings is 1. The van der Waals surface area contributed by atoms with Gasteiger partial charge in [-0.15, -0.1) is 0 Å². The third kappa shape index (κ3) is 5.33. The van der Waals surface area contributed by atoms with E-state index in [2.05, 4.69) is 0 Å². The normalized spacial score (nSPS) is 13.8. The number of aromatic nitrogens is 2. The molecule has 4 rings (SSSR count). The van der Waals surface area contributed by atoms with Crippen molar-refractivity contribution >= 4 is 23.5 Å². The molecule has 0 bridgehead atoms. The van der Waals surface area contributed by atoms with Crippen molar-refractivity contribution in [3.8, 4) is 16.9 Å². The molecule has 31 heavy (non-hydrogen) atoms. The van der Waals surface area contributed by atoms with Gasteiger partial charge in [0.25, 0.3) is 5.91 Å². The molecule has 1 amide bonds. The summed E-state index contributed by atoms with van der Waals surface area (Å²) >= 11 is 6.02. The van der Waals surface area contributed by atoms with Crippen LogP contribution in [0.5, 0.6) is 0 Å². The van der Waals surface area contributed by atoms with E-state index in [9.17, 15) is 9.59 Å². The number of halogens is 1. The van der Waals surface area contributed by atoms with E-state index in [0.29, 0.717) is 10.7 Å². The van der Waals surface area contributed by atoms with Gasteiger partial charge in [0.2, 0.25) is 0 Å². The Morgan fingerprint density at radius 3 is 2.39 bits per heavy atom. The molecule has 0 N–H and O–H groups in total. The van der Waals surface area contributed by atoms with E-state index in [1.807, 2.05) is 48.7 Å². The Kier molecular flexibility index (Phi) is 6.67. The van der Waals surface area contributed by atoms with E-state index in [4.69, 9.17) is 21.4 Å². The van der Waals surface area contributed by atoms with Crippen LogP contribution < -0.4 is 0 Å². The van der Waals surface area contributed by atoms with Crippen LogP contribution >= 0.6 is 11.6 Å². The summed E-state index contributed by atoms with van der Waals surface area (Å²) in [5.41, 5.74) is 3.14. The van der Waals surface area contributed by atoms with Crippen LogP contribution in [0.4, 0.5) is 0 Å². The molecule has 0 aliphatic carbocycles. The van der Waals surface area contributed by atoms with Crippen molar-refractivity contribution in [3.63, 3.8) is 0 Å². The maximum absolute atomic E-state index is 12.5. The number of hydrogen-bond donors (Lipinski definition) is 0. The largest absolute Gasteiger partial charge is 0.455 e. The van der Waals surface area contributed by atoms with Crippen molar-refractivity contribution in [3.05, 3.63) is 71.4 Å². The van der Waals surface area contributed by atoms with E-state index in [0.717, 1.165) is 49.2 Å². The van der Waals surface area contributed by atoms with Crippen LogP contribution in [0.15, 0.2) is 60.8 Å². The minimum atomic E-state index is -0.451. The van der Waals surface area contributed by atoms with Crippen molar-refractivity contribution in [2.45, 2.75) is 25.7 Å². The number of hydrogen-bond acceptors (Lipinski definition) is 4. The van der Waals surface area contributed by atoms with Gasteiger partial charge < -0.3 is 9.64 Å². The zero-order chi connectivity index (χ0) is 21.6. The first-order valence-corrected chi connectivity index (χ1v) is 10.8. The molecule has 1 aliphatic rings. The zero-order valence-corrected chi connectivity index (χ0v) is 17.9. The molecule has 0 radical (unpaired) electrons. The Hall–Kier alpha value is -3.12. The lowest BCUT2D eigenvalue weighted by atomic mass is 10.1. The highest BCUT2D eigenvalue weighted by molar-refractivity contribution is 6.30. The van der Waals surface area contributed by atoms with Gasteiger partial charge in [-0.2, -0.15) is 5.10 Å². The fourth-order valence-electron chi connectivity index (χ4n) is 3.69. The van der Waals surface area contributed by atoms with Gasteiger partial charge in [0.05, 0.1) is 17.8 Å². The number of likely N-dealkylation sites (tertiary alicyclic amines) is 1. The fourth-order valence-corrected chi connectivity index (χ4v) is 3.81. The van der Waals surface area contributed by atoms with E-state index >= 15 is 0 Å². The van der Waals surface area contributed by atoms with Gasteiger partial charge in [0, 0.05) is 35.4 Å². The number of benzene rings is 2. The molecule has 0 saturated carbocycles. The number of amides is 1. The Bertz CT molecular complexity index is 1040. The van der Waals surface area contributed by atoms with Crippen molar-refractivity contribution in [2.75, 3.05) is 19.7 Å². The van der Waals surface area contributed by atoms with E-state index in [1.54, 1.807) is 21.7 Å². The number of nitrogens with zero attached hydrogens (tertiary/aromatic N) is 3. The van der Waals surface area contributed by atoms with Gasteiger partial charge >= 0.3 is 5.97 Å². The van der Waals surface area contributed by atoms with Crippen LogP contribution in [0.25, 0.3) is 16.9 Å². The lowest BCUT2D eigenvalue weighted by Gasteiger charge is -2.26. The Morgan fingerprint density at radius 2 is 1.68 bits per heavy atom. The van der Waals surface area contributed by atoms with Crippen LogP contribution in [-0.2, 0) is 20.7 Å². The van der Waals surface area contributed by atoms with Crippen molar-refractivity contribution < 1.29 is 14.3 Å². The van der Waals surface area contributed by atoms with E-state index in [1.165, 1.54) is 0 Å². The quantitative estimate of drug-likeness (QED) is 0.539. The van der Waals surface area contributed by atoms with Crippen LogP contribution in [0.1, 0.15) is 24.8 Å². The third-order valence-corrected chi connectivity index (χ3v) is 5.58. The molecule has 160 valence electrons. The van der Waals surface area contributed by atoms with Gasteiger partial charge in [0.1, 0.15) is 0 Å². The Balaban J connectivity index is 1.50. The molecule has 2 heterocycles. The predicted molar refractivity (Wildman–Crippen MR) is 119 cm³/mol. The smallest absolute Gasteiger partial charge is 0.310 e. The van der Waals surface area contributed by atoms with Crippen LogP contribution in [0.2, 0.25) is 5.02 Å². The van der Waals surface area contributed by atoms with E-state index < -0.39 is 5.97 Å². The highest BCUT2D eigenvalue weighted by atomic mass is 35.5. The highest BCUT2D eigenvalue weighted by Crippen LogP contribution is 2.26. The first kappa shape index (κ1) is 21.1. The number of para-hydroxylation sites is 1. The maximum Gasteiger partial charge on any atom is 0.310 e. The second-order valence-electron chi connectivity index (χ2n) is 7.57. The second-order valence-corrected chi connectivity index (χ2v) is 8.01. The molecular weight excluding hydrogens is 414 g/mol. The summed E-state index contributed by atoms with van der Waals surface area (Å²) in [6, 6.07) is 17.0. The molecule has 0 unspecified atom stereocenters. The number of rotatable bonds is 6. The molecule has 7 heteroatoms. The molecule has 1 aromatic heterocycles. The molecule has 0 spiro atoms. The molecule has 1 aliphatic heterocycles. The number of ether oxygens (including phenoxy) is 1. The highest BCUT2D eigenvalue weighted by Gasteiger charge is 2.20. The molecule has 0 atom stereocenters. The monoisotopic (exact) mass is 437 g/mol. The van der Waals surface area contributed by atoms with Crippen molar-refractivity contribution in [1.29, 1.82) is 0 Å². The molecular formula is C24H24ClN3O3. The number of carbonyl (C=O) groups excluding carboxylic acids is 2. The van der Waals surface area contributed by atoms with Gasteiger partial charge in [-0.1, -0.05) is 41.9 Å². The van der Waals surface area contributed by atoms with Gasteiger partial charge in [-0.3, -0.25) is 9.59 Å². The lowest BCUT2D eigenvalue weighted by Crippen LogP contribution is -2.38. The minimum absolute atomic E-state index is 0.0259. The third-order valence-electron chi connectivity index (χ3n) is 5.33. The molecule has 3 aromatic rings. The standard InChI is InChI=1S/C24H24ClN3O3/c25-20-11-9-18(10-12-20)24-19(16-28(26-24)21-7-3-1-4-8-21)15-23(30)31-17-22(29)27-13-5-2-6-14-27/h1,3-4,7-12,16H,2,5-6,13-15,17H2. The van der Waals surface area contributed by atoms with Gasteiger partial charge in [-0.25, -0.2) is 4.68 Å². The molecule has 1 saturated heterocycles. The Morgan fingerprint density at radius 1 is 0.968 bits per heavy atom. The zero-order valence-electron chi connectivity index (χ0n) is 17.2. The summed E-state index contributed by atoms with van der Waals surface area (Å²) in [5.74, 6) is -0.584. The second kappa shape index (κ2) is 9.79. The summed E-state index contributed by atoms with van der Waals surface area (Å²) < 4.78 is 7.04. The van der Waals surface area contributed by atoms with Crippen LogP contribution in [0.3, 0.4) is 0 Å². The number of esters is 1. The predicted octanol–water partition coefficient (Wildman–Crippen LogP) is 4.29. The molecule has 2 aromatic carbocycles. The summed E-state index contributed by atoms with van der Waals surface area (Å²) in [6.45, 7) is 1.25. The van der Waals surface area contributed by atoms with Gasteiger partial charge in [-0.05, 0) is 43.5 Å². The summed E-state index contributed by atoms with van der Waals surface area (Å²) in [7, 11) is 0. The van der Waals surface area contributed by atoms with Crippen LogP contribution in [0, 0.1) is 0 Å². The SMILES string of the molecule is O=C(Cc1cn(-c2ccccc2)nc1-c1ccc(Cl)cc1)OCC(=O)N1CCCCC1. The first-order chi connectivity index (χ1) is 15.1. The number of carbonyl (C=O) groups is 2. The minimum Gasteiger partial charge on any atom is -0.455 e. The maximum atomic E-state index is 12.5. The van der Waals surface area contributed by atoms with Crippen molar-refractivity contribution in [2.24, 2.45) is 0 Å². The topological polar surface area (TPSA) is 64.4 Å². The Labute approximate surface area is 186 Å². The van der Waals surface area contributed by atoms with Gasteiger partial charge in [0.15, 0.2) is 6.61 Å². The molecule has 1 fully saturated rings. The summed E-state index contributed by atoms with van der Waals surface area (Å²) in [5, 5.41) is 5.32. The van der Waals surface area contributed by atoms with Crippen LogP contribution in [-0.4, -0.2) is 46.3 Å².